The van der Waals surface area contributed by atoms with Crippen molar-refractivity contribution in [1.29, 1.82) is 0 Å². The largest absolute Gasteiger partial charge is 0.392 e. The zero-order valence-corrected chi connectivity index (χ0v) is 15.7. The molecule has 0 saturated heterocycles. The van der Waals surface area contributed by atoms with Gasteiger partial charge in [-0.25, -0.2) is 0 Å². The number of ketones is 2. The summed E-state index contributed by atoms with van der Waals surface area (Å²) in [6, 6.07) is 0. The molecule has 0 spiro atoms. The maximum Gasteiger partial charge on any atom is 0.190 e. The van der Waals surface area contributed by atoms with Crippen LogP contribution >= 0.6 is 0 Å². The summed E-state index contributed by atoms with van der Waals surface area (Å²) in [5.74, 6) is 0.388. The molecule has 4 aliphatic carbocycles. The van der Waals surface area contributed by atoms with Crippen molar-refractivity contribution in [1.82, 2.24) is 0 Å². The Morgan fingerprint density at radius 1 is 1.19 bits per heavy atom. The van der Waals surface area contributed by atoms with E-state index >= 15 is 0 Å². The molecule has 26 heavy (non-hydrogen) atoms. The molecule has 0 aromatic carbocycles. The number of Topliss-reactive ketones (excluding diaryl/α,β-unsaturated/α-hetero) is 1. The molecule has 7 unspecified atom stereocenters. The average molecular weight is 362 g/mol. The van der Waals surface area contributed by atoms with Gasteiger partial charge in [-0.1, -0.05) is 19.4 Å². The summed E-state index contributed by atoms with van der Waals surface area (Å²) in [5, 5.41) is 31.4. The number of aliphatic hydroxyl groups excluding tert-OH is 2. The van der Waals surface area contributed by atoms with Crippen molar-refractivity contribution in [3.8, 4) is 0 Å². The number of hydrogen-bond donors (Lipinski definition) is 3. The van der Waals surface area contributed by atoms with Crippen molar-refractivity contribution in [2.75, 3.05) is 6.61 Å². The molecule has 144 valence electrons. The number of hydrogen-bond acceptors (Lipinski definition) is 5. The lowest BCUT2D eigenvalue weighted by molar-refractivity contribution is -0.168. The molecule has 5 heteroatoms. The van der Waals surface area contributed by atoms with E-state index in [1.807, 2.05) is 6.92 Å². The zero-order valence-electron chi connectivity index (χ0n) is 15.7. The van der Waals surface area contributed by atoms with Crippen LogP contribution in [0.4, 0.5) is 0 Å². The topological polar surface area (TPSA) is 94.8 Å². The van der Waals surface area contributed by atoms with Crippen LogP contribution in [0.25, 0.3) is 0 Å². The molecule has 3 saturated carbocycles. The summed E-state index contributed by atoms with van der Waals surface area (Å²) in [6.45, 7) is 3.51. The van der Waals surface area contributed by atoms with E-state index in [2.05, 4.69) is 6.92 Å². The lowest BCUT2D eigenvalue weighted by atomic mass is 9.45. The highest BCUT2D eigenvalue weighted by atomic mass is 16.3. The Morgan fingerprint density at radius 2 is 1.88 bits per heavy atom. The van der Waals surface area contributed by atoms with E-state index < -0.39 is 29.5 Å². The number of fused-ring (bicyclic) bond motifs is 5. The van der Waals surface area contributed by atoms with Gasteiger partial charge in [0.1, 0.15) is 12.2 Å². The Bertz CT molecular complexity index is 684. The van der Waals surface area contributed by atoms with E-state index in [1.165, 1.54) is 0 Å². The van der Waals surface area contributed by atoms with Crippen LogP contribution in [0.15, 0.2) is 11.6 Å². The van der Waals surface area contributed by atoms with Crippen LogP contribution in [0.5, 0.6) is 0 Å². The fourth-order valence-electron chi connectivity index (χ4n) is 7.21. The van der Waals surface area contributed by atoms with E-state index in [-0.39, 0.29) is 29.5 Å². The standard InChI is InChI=1S/C21H30O5/c1-19-7-5-16-14(15(19)6-8-21(19,26)18(25)11-22)4-3-12-9-13(23)10-17(24)20(12,16)2/h9,14-17,22,24,26H,3-8,10-11H2,1-2H3. The Labute approximate surface area is 154 Å². The van der Waals surface area contributed by atoms with E-state index in [0.717, 1.165) is 31.3 Å². The summed E-state index contributed by atoms with van der Waals surface area (Å²) in [5.41, 5.74) is -1.23. The molecule has 3 N–H and O–H groups in total. The van der Waals surface area contributed by atoms with Gasteiger partial charge >= 0.3 is 0 Å². The van der Waals surface area contributed by atoms with Crippen molar-refractivity contribution in [3.05, 3.63) is 11.6 Å². The highest BCUT2D eigenvalue weighted by molar-refractivity contribution is 5.92. The van der Waals surface area contributed by atoms with Crippen LogP contribution < -0.4 is 0 Å². The number of rotatable bonds is 2. The minimum Gasteiger partial charge on any atom is -0.392 e. The maximum absolute atomic E-state index is 12.3. The van der Waals surface area contributed by atoms with Crippen LogP contribution in [0.3, 0.4) is 0 Å². The molecule has 5 nitrogen and oxygen atoms in total. The van der Waals surface area contributed by atoms with Gasteiger partial charge in [0, 0.05) is 17.3 Å². The monoisotopic (exact) mass is 362 g/mol. The molecule has 0 aromatic rings. The van der Waals surface area contributed by atoms with Crippen LogP contribution in [0.1, 0.15) is 58.8 Å². The Balaban J connectivity index is 1.71. The summed E-state index contributed by atoms with van der Waals surface area (Å²) < 4.78 is 0. The molecular weight excluding hydrogens is 332 g/mol. The van der Waals surface area contributed by atoms with Gasteiger partial charge < -0.3 is 15.3 Å². The number of carbonyl (C=O) groups is 2. The maximum atomic E-state index is 12.3. The molecule has 3 fully saturated rings. The SMILES string of the molecule is CC12C(=CC(=O)CC1O)CCC1C2CCC2(C)C1CCC2(O)C(=O)CO. The third-order valence-corrected chi connectivity index (χ3v) is 8.82. The first kappa shape index (κ1) is 18.3. The first-order valence-corrected chi connectivity index (χ1v) is 9.97. The third-order valence-electron chi connectivity index (χ3n) is 8.82. The molecule has 4 rings (SSSR count). The predicted molar refractivity (Wildman–Crippen MR) is 95.1 cm³/mol. The van der Waals surface area contributed by atoms with Crippen molar-refractivity contribution in [3.63, 3.8) is 0 Å². The van der Waals surface area contributed by atoms with Crippen molar-refractivity contribution in [2.24, 2.45) is 28.6 Å². The zero-order chi connectivity index (χ0) is 18.9. The van der Waals surface area contributed by atoms with Crippen LogP contribution in [-0.2, 0) is 9.59 Å². The lowest BCUT2D eigenvalue weighted by Crippen LogP contribution is -2.59. The van der Waals surface area contributed by atoms with E-state index in [0.29, 0.717) is 18.8 Å². The van der Waals surface area contributed by atoms with E-state index in [9.17, 15) is 24.9 Å². The summed E-state index contributed by atoms with van der Waals surface area (Å²) in [4.78, 5) is 24.3. The van der Waals surface area contributed by atoms with Gasteiger partial charge in [0.05, 0.1) is 6.10 Å². The van der Waals surface area contributed by atoms with Gasteiger partial charge in [0.15, 0.2) is 11.6 Å². The van der Waals surface area contributed by atoms with Gasteiger partial charge in [-0.05, 0) is 62.4 Å². The third kappa shape index (κ3) is 2.08. The molecule has 0 amide bonds. The van der Waals surface area contributed by atoms with Gasteiger partial charge in [0.25, 0.3) is 0 Å². The Morgan fingerprint density at radius 3 is 2.58 bits per heavy atom. The summed E-state index contributed by atoms with van der Waals surface area (Å²) >= 11 is 0. The van der Waals surface area contributed by atoms with Gasteiger partial charge in [0.2, 0.25) is 0 Å². The second kappa shape index (κ2) is 5.73. The average Bonchev–Trinajstić information content (AvgIpc) is 2.88. The van der Waals surface area contributed by atoms with Gasteiger partial charge in [-0.3, -0.25) is 9.59 Å². The number of carbonyl (C=O) groups excluding carboxylic acids is 2. The highest BCUT2D eigenvalue weighted by Gasteiger charge is 2.66. The normalized spacial score (nSPS) is 50.5. The fourth-order valence-corrected chi connectivity index (χ4v) is 7.21. The summed E-state index contributed by atoms with van der Waals surface area (Å²) in [6.07, 6.45) is 5.79. The van der Waals surface area contributed by atoms with Gasteiger partial charge in [-0.15, -0.1) is 0 Å². The fraction of sp³-hybridized carbons (Fsp3) is 0.810. The molecule has 0 aliphatic heterocycles. The minimum atomic E-state index is -1.43. The Kier molecular flexibility index (Phi) is 4.04. The molecule has 0 radical (unpaired) electrons. The van der Waals surface area contributed by atoms with Crippen LogP contribution in [0, 0.1) is 28.6 Å². The molecular formula is C21H30O5. The highest BCUT2D eigenvalue weighted by Crippen LogP contribution is 2.67. The molecule has 4 aliphatic rings. The van der Waals surface area contributed by atoms with Gasteiger partial charge in [-0.2, -0.15) is 0 Å². The molecule has 0 bridgehead atoms. The van der Waals surface area contributed by atoms with Crippen LogP contribution in [0.2, 0.25) is 0 Å². The second-order valence-corrected chi connectivity index (χ2v) is 9.49. The molecule has 0 aromatic heterocycles. The quantitative estimate of drug-likeness (QED) is 0.696. The molecule has 0 heterocycles. The number of aliphatic hydroxyl groups is 3. The first-order chi connectivity index (χ1) is 12.2. The van der Waals surface area contributed by atoms with Crippen molar-refractivity contribution >= 4 is 11.6 Å². The predicted octanol–water partition coefficient (Wildman–Crippen LogP) is 1.78. The van der Waals surface area contributed by atoms with Crippen molar-refractivity contribution < 1.29 is 24.9 Å². The van der Waals surface area contributed by atoms with Crippen LogP contribution in [-0.4, -0.2) is 45.2 Å². The van der Waals surface area contributed by atoms with E-state index in [1.54, 1.807) is 6.08 Å². The van der Waals surface area contributed by atoms with E-state index in [4.69, 9.17) is 0 Å². The first-order valence-electron chi connectivity index (χ1n) is 9.97. The van der Waals surface area contributed by atoms with Crippen molar-refractivity contribution in [2.45, 2.75) is 70.5 Å². The lowest BCUT2D eigenvalue weighted by Gasteiger charge is -2.59. The Hall–Kier alpha value is -1.04. The second-order valence-electron chi connectivity index (χ2n) is 9.49. The molecule has 7 atom stereocenters. The summed E-state index contributed by atoms with van der Waals surface area (Å²) in [7, 11) is 0. The minimum absolute atomic E-state index is 0.0212. The smallest absolute Gasteiger partial charge is 0.190 e.